The van der Waals surface area contributed by atoms with Crippen LogP contribution in [0.1, 0.15) is 38.8 Å². The van der Waals surface area contributed by atoms with Crippen LogP contribution in [0.25, 0.3) is 31.9 Å². The van der Waals surface area contributed by atoms with E-state index in [9.17, 15) is 10.2 Å². The average Bonchev–Trinajstić information content (AvgIpc) is 3.38. The summed E-state index contributed by atoms with van der Waals surface area (Å²) in [5.41, 5.74) is 3.53. The van der Waals surface area contributed by atoms with Crippen molar-refractivity contribution in [2.75, 3.05) is 18.0 Å². The highest BCUT2D eigenvalue weighted by Crippen LogP contribution is 2.44. The van der Waals surface area contributed by atoms with Gasteiger partial charge < -0.3 is 24.3 Å². The fraction of sp³-hybridized carbons (Fsp3) is 0.458. The second-order valence-electron chi connectivity index (χ2n) is 9.38. The molecule has 4 aromatic rings. The zero-order valence-electron chi connectivity index (χ0n) is 19.2. The van der Waals surface area contributed by atoms with Gasteiger partial charge in [-0.3, -0.25) is 0 Å². The minimum absolute atomic E-state index is 0.309. The number of aliphatic hydroxyl groups excluding tert-OH is 2. The largest absolute Gasteiger partial charge is 0.463 e. The third kappa shape index (κ3) is 4.10. The topological polar surface area (TPSA) is 105 Å². The molecule has 0 amide bonds. The van der Waals surface area contributed by atoms with E-state index in [0.717, 1.165) is 38.1 Å². The molecule has 9 heteroatoms. The first-order valence-electron chi connectivity index (χ1n) is 11.1. The van der Waals surface area contributed by atoms with Crippen LogP contribution in [0, 0.1) is 0 Å². The Morgan fingerprint density at radius 2 is 1.91 bits per heavy atom. The Hall–Kier alpha value is -2.59. The predicted molar refractivity (Wildman–Crippen MR) is 129 cm³/mol. The van der Waals surface area contributed by atoms with Crippen molar-refractivity contribution in [3.63, 3.8) is 0 Å². The number of aliphatic hydroxyl groups is 2. The van der Waals surface area contributed by atoms with Gasteiger partial charge in [0.2, 0.25) is 0 Å². The van der Waals surface area contributed by atoms with Crippen LogP contribution in [0.2, 0.25) is 0 Å². The molecule has 0 aliphatic carbocycles. The predicted octanol–water partition coefficient (Wildman–Crippen LogP) is 3.92. The second kappa shape index (κ2) is 8.32. The standard InChI is InChI=1S/C24H28N4O4S/c1-13(29)9-28(10-14(2)30)22-21-20(25-12-26-22)18-15-8-24(3,4)32-11-16(15)19(27-23(18)33-21)17-6-5-7-31-17/h5-7,12-14,29-30H,8-11H2,1-4H3. The minimum Gasteiger partial charge on any atom is -0.463 e. The van der Waals surface area contributed by atoms with Gasteiger partial charge in [0.05, 0.1) is 40.9 Å². The Morgan fingerprint density at radius 1 is 1.15 bits per heavy atom. The monoisotopic (exact) mass is 468 g/mol. The number of pyridine rings is 1. The maximum Gasteiger partial charge on any atom is 0.152 e. The van der Waals surface area contributed by atoms with Crippen molar-refractivity contribution < 1.29 is 19.4 Å². The summed E-state index contributed by atoms with van der Waals surface area (Å²) in [6, 6.07) is 3.78. The lowest BCUT2D eigenvalue weighted by atomic mass is 9.89. The summed E-state index contributed by atoms with van der Waals surface area (Å²) in [4.78, 5) is 17.0. The average molecular weight is 469 g/mol. The van der Waals surface area contributed by atoms with Gasteiger partial charge in [0, 0.05) is 30.5 Å². The van der Waals surface area contributed by atoms with Crippen LogP contribution in [0.5, 0.6) is 0 Å². The lowest BCUT2D eigenvalue weighted by Crippen LogP contribution is -2.37. The summed E-state index contributed by atoms with van der Waals surface area (Å²) in [5.74, 6) is 1.41. The SMILES string of the molecule is CC(O)CN(CC(C)O)c1ncnc2c1sc1nc(-c3ccco3)c3c(c12)CC(C)(C)OC3. The Kier molecular flexibility index (Phi) is 5.60. The van der Waals surface area contributed by atoms with E-state index in [2.05, 4.69) is 23.8 Å². The van der Waals surface area contributed by atoms with Crippen LogP contribution in [0.15, 0.2) is 29.1 Å². The highest BCUT2D eigenvalue weighted by Gasteiger charge is 2.33. The molecule has 0 aromatic carbocycles. The molecule has 5 rings (SSSR count). The van der Waals surface area contributed by atoms with Crippen LogP contribution in [-0.2, 0) is 17.8 Å². The second-order valence-corrected chi connectivity index (χ2v) is 10.4. The number of fused-ring (bicyclic) bond motifs is 5. The van der Waals surface area contributed by atoms with Crippen molar-refractivity contribution in [3.8, 4) is 11.5 Å². The maximum atomic E-state index is 10.1. The zero-order chi connectivity index (χ0) is 23.3. The number of ether oxygens (including phenoxy) is 1. The smallest absolute Gasteiger partial charge is 0.152 e. The number of rotatable bonds is 6. The van der Waals surface area contributed by atoms with E-state index < -0.39 is 12.2 Å². The van der Waals surface area contributed by atoms with Gasteiger partial charge in [0.25, 0.3) is 0 Å². The van der Waals surface area contributed by atoms with Gasteiger partial charge in [-0.2, -0.15) is 0 Å². The molecule has 5 heterocycles. The number of aromatic nitrogens is 3. The van der Waals surface area contributed by atoms with Crippen LogP contribution in [-0.4, -0.2) is 56.1 Å². The lowest BCUT2D eigenvalue weighted by Gasteiger charge is -2.32. The van der Waals surface area contributed by atoms with Crippen LogP contribution in [0.3, 0.4) is 0 Å². The van der Waals surface area contributed by atoms with Gasteiger partial charge in [-0.15, -0.1) is 11.3 Å². The molecular weight excluding hydrogens is 440 g/mol. The van der Waals surface area contributed by atoms with E-state index in [4.69, 9.17) is 14.1 Å². The Morgan fingerprint density at radius 3 is 2.58 bits per heavy atom. The van der Waals surface area contributed by atoms with Crippen molar-refractivity contribution in [1.82, 2.24) is 15.0 Å². The minimum atomic E-state index is -0.572. The highest BCUT2D eigenvalue weighted by atomic mass is 32.1. The van der Waals surface area contributed by atoms with Gasteiger partial charge in [-0.1, -0.05) is 0 Å². The number of hydrogen-bond acceptors (Lipinski definition) is 9. The third-order valence-corrected chi connectivity index (χ3v) is 6.90. The first-order valence-corrected chi connectivity index (χ1v) is 11.9. The maximum absolute atomic E-state index is 10.1. The van der Waals surface area contributed by atoms with Crippen molar-refractivity contribution in [3.05, 3.63) is 35.9 Å². The van der Waals surface area contributed by atoms with Crippen molar-refractivity contribution in [2.45, 2.75) is 58.5 Å². The highest BCUT2D eigenvalue weighted by molar-refractivity contribution is 7.26. The number of nitrogens with zero attached hydrogens (tertiary/aromatic N) is 4. The van der Waals surface area contributed by atoms with E-state index >= 15 is 0 Å². The first kappa shape index (κ1) is 22.2. The number of thiophene rings is 1. The van der Waals surface area contributed by atoms with Gasteiger partial charge >= 0.3 is 0 Å². The fourth-order valence-corrected chi connectivity index (χ4v) is 5.70. The summed E-state index contributed by atoms with van der Waals surface area (Å²) in [6.45, 7) is 8.81. The Bertz CT molecular complexity index is 1290. The van der Waals surface area contributed by atoms with Crippen LogP contribution < -0.4 is 4.90 Å². The summed E-state index contributed by atoms with van der Waals surface area (Å²) in [5, 5.41) is 21.2. The molecule has 0 bridgehead atoms. The summed E-state index contributed by atoms with van der Waals surface area (Å²) >= 11 is 1.53. The third-order valence-electron chi connectivity index (χ3n) is 5.83. The molecule has 4 aromatic heterocycles. The summed E-state index contributed by atoms with van der Waals surface area (Å²) in [6.07, 6.45) is 2.79. The van der Waals surface area contributed by atoms with E-state index in [0.29, 0.717) is 31.3 Å². The molecule has 1 aliphatic heterocycles. The molecule has 0 fully saturated rings. The molecule has 8 nitrogen and oxygen atoms in total. The molecule has 2 N–H and O–H groups in total. The van der Waals surface area contributed by atoms with Gasteiger partial charge in [-0.25, -0.2) is 15.0 Å². The van der Waals surface area contributed by atoms with Gasteiger partial charge in [0.1, 0.15) is 22.7 Å². The van der Waals surface area contributed by atoms with Crippen molar-refractivity contribution in [1.29, 1.82) is 0 Å². The quantitative estimate of drug-likeness (QED) is 0.439. The fourth-order valence-electron chi connectivity index (χ4n) is 4.52. The van der Waals surface area contributed by atoms with Gasteiger partial charge in [0.15, 0.2) is 5.76 Å². The van der Waals surface area contributed by atoms with Crippen molar-refractivity contribution in [2.24, 2.45) is 0 Å². The molecule has 0 saturated heterocycles. The van der Waals surface area contributed by atoms with Gasteiger partial charge in [-0.05, 0) is 45.4 Å². The van der Waals surface area contributed by atoms with E-state index in [1.54, 1.807) is 26.4 Å². The summed E-state index contributed by atoms with van der Waals surface area (Å²) < 4.78 is 12.7. The molecule has 2 atom stereocenters. The van der Waals surface area contributed by atoms with E-state index in [1.807, 2.05) is 17.0 Å². The molecule has 0 spiro atoms. The molecule has 174 valence electrons. The van der Waals surface area contributed by atoms with E-state index in [-0.39, 0.29) is 5.60 Å². The molecule has 0 saturated carbocycles. The lowest BCUT2D eigenvalue weighted by molar-refractivity contribution is -0.0395. The molecular formula is C24H28N4O4S. The Labute approximate surface area is 195 Å². The number of anilines is 1. The van der Waals surface area contributed by atoms with Crippen LogP contribution in [0.4, 0.5) is 5.82 Å². The normalized spacial score (nSPS) is 17.3. The molecule has 2 unspecified atom stereocenters. The Balaban J connectivity index is 1.78. The summed E-state index contributed by atoms with van der Waals surface area (Å²) in [7, 11) is 0. The zero-order valence-corrected chi connectivity index (χ0v) is 20.0. The number of furan rings is 1. The molecule has 1 aliphatic rings. The van der Waals surface area contributed by atoms with Crippen molar-refractivity contribution >= 4 is 37.6 Å². The van der Waals surface area contributed by atoms with E-state index in [1.165, 1.54) is 16.9 Å². The molecule has 0 radical (unpaired) electrons. The first-order chi connectivity index (χ1) is 15.7. The number of hydrogen-bond donors (Lipinski definition) is 2. The van der Waals surface area contributed by atoms with Crippen LogP contribution >= 0.6 is 11.3 Å². The molecule has 33 heavy (non-hydrogen) atoms.